The monoisotopic (exact) mass is 325 g/mol. The number of amides is 2. The second kappa shape index (κ2) is 7.34. The fraction of sp³-hybridized carbons (Fsp3) is 0.368. The van der Waals surface area contributed by atoms with Crippen LogP contribution in [0.4, 0.5) is 5.69 Å². The number of carbonyl (C=O) groups is 2. The molecule has 5 heteroatoms. The number of nitrogens with zero attached hydrogens (tertiary/aromatic N) is 2. The highest BCUT2D eigenvalue weighted by Crippen LogP contribution is 2.17. The summed E-state index contributed by atoms with van der Waals surface area (Å²) in [5.41, 5.74) is 1.40. The number of nitrogens with one attached hydrogen (secondary N) is 1. The van der Waals surface area contributed by atoms with Crippen LogP contribution in [0.5, 0.6) is 0 Å². The Morgan fingerprint density at radius 3 is 2.33 bits per heavy atom. The molecule has 5 nitrogen and oxygen atoms in total. The summed E-state index contributed by atoms with van der Waals surface area (Å²) in [5, 5.41) is 2.89. The van der Waals surface area contributed by atoms with Crippen molar-refractivity contribution in [3.05, 3.63) is 54.4 Å². The van der Waals surface area contributed by atoms with E-state index in [1.165, 1.54) is 0 Å². The van der Waals surface area contributed by atoms with Crippen LogP contribution in [0, 0.1) is 0 Å². The van der Waals surface area contributed by atoms with Crippen LogP contribution in [-0.2, 0) is 4.79 Å². The van der Waals surface area contributed by atoms with E-state index in [0.29, 0.717) is 12.0 Å². The maximum atomic E-state index is 12.3. The van der Waals surface area contributed by atoms with Crippen LogP contribution in [0.3, 0.4) is 0 Å². The minimum absolute atomic E-state index is 0.0326. The van der Waals surface area contributed by atoms with Gasteiger partial charge < -0.3 is 14.8 Å². The Morgan fingerprint density at radius 1 is 1.08 bits per heavy atom. The molecule has 1 saturated heterocycles. The van der Waals surface area contributed by atoms with Gasteiger partial charge in [-0.05, 0) is 56.2 Å². The van der Waals surface area contributed by atoms with Gasteiger partial charge in [0.1, 0.15) is 0 Å². The smallest absolute Gasteiger partial charge is 0.253 e. The molecular weight excluding hydrogens is 302 g/mol. The molecule has 2 heterocycles. The standard InChI is InChI=1S/C19H23N3O2/c1-15(21-10-2-3-11-21)14-18(23)20-17-8-6-16(7-9-17)19(24)22-12-4-5-13-22/h2-3,6-11,15H,4-5,12-14H2,1H3,(H,20,23). The first-order valence-electron chi connectivity index (χ1n) is 8.45. The van der Waals surface area contributed by atoms with E-state index in [0.717, 1.165) is 31.6 Å². The van der Waals surface area contributed by atoms with E-state index in [2.05, 4.69) is 5.32 Å². The second-order valence-corrected chi connectivity index (χ2v) is 6.31. The molecule has 3 rings (SSSR count). The summed E-state index contributed by atoms with van der Waals surface area (Å²) in [6, 6.07) is 11.2. The predicted octanol–water partition coefficient (Wildman–Crippen LogP) is 3.31. The van der Waals surface area contributed by atoms with E-state index < -0.39 is 0 Å². The van der Waals surface area contributed by atoms with Crippen molar-refractivity contribution >= 4 is 17.5 Å². The van der Waals surface area contributed by atoms with Gasteiger partial charge in [-0.15, -0.1) is 0 Å². The van der Waals surface area contributed by atoms with Crippen molar-refractivity contribution in [3.63, 3.8) is 0 Å². The lowest BCUT2D eigenvalue weighted by atomic mass is 10.1. The number of carbonyl (C=O) groups excluding carboxylic acids is 2. The third-order valence-corrected chi connectivity index (χ3v) is 4.43. The summed E-state index contributed by atoms with van der Waals surface area (Å²) in [5.74, 6) is 0.0430. The summed E-state index contributed by atoms with van der Waals surface area (Å²) in [4.78, 5) is 26.3. The zero-order valence-electron chi connectivity index (χ0n) is 13.9. The molecule has 0 aliphatic carbocycles. The largest absolute Gasteiger partial charge is 0.351 e. The van der Waals surface area contributed by atoms with E-state index in [-0.39, 0.29) is 17.9 Å². The maximum absolute atomic E-state index is 12.3. The van der Waals surface area contributed by atoms with Gasteiger partial charge in [-0.1, -0.05) is 0 Å². The van der Waals surface area contributed by atoms with Gasteiger partial charge in [0.2, 0.25) is 5.91 Å². The number of rotatable bonds is 5. The van der Waals surface area contributed by atoms with Gasteiger partial charge in [0, 0.05) is 49.2 Å². The fourth-order valence-corrected chi connectivity index (χ4v) is 3.03. The summed E-state index contributed by atoms with van der Waals surface area (Å²) >= 11 is 0. The van der Waals surface area contributed by atoms with Crippen LogP contribution in [0.15, 0.2) is 48.8 Å². The van der Waals surface area contributed by atoms with Gasteiger partial charge in [0.25, 0.3) is 5.91 Å². The lowest BCUT2D eigenvalue weighted by molar-refractivity contribution is -0.116. The highest BCUT2D eigenvalue weighted by Gasteiger charge is 2.19. The van der Waals surface area contributed by atoms with Crippen molar-refractivity contribution in [3.8, 4) is 0 Å². The summed E-state index contributed by atoms with van der Waals surface area (Å²) in [6.07, 6.45) is 6.48. The molecule has 1 fully saturated rings. The quantitative estimate of drug-likeness (QED) is 0.917. The molecule has 1 N–H and O–H groups in total. The van der Waals surface area contributed by atoms with Crippen molar-refractivity contribution in [1.82, 2.24) is 9.47 Å². The van der Waals surface area contributed by atoms with Gasteiger partial charge in [-0.25, -0.2) is 0 Å². The molecule has 1 aromatic heterocycles. The van der Waals surface area contributed by atoms with Crippen molar-refractivity contribution in [2.75, 3.05) is 18.4 Å². The molecule has 1 unspecified atom stereocenters. The molecular formula is C19H23N3O2. The van der Waals surface area contributed by atoms with Gasteiger partial charge in [-0.2, -0.15) is 0 Å². The van der Waals surface area contributed by atoms with Crippen LogP contribution in [-0.4, -0.2) is 34.4 Å². The normalized spacial score (nSPS) is 15.3. The minimum Gasteiger partial charge on any atom is -0.351 e. The number of benzene rings is 1. The van der Waals surface area contributed by atoms with Crippen molar-refractivity contribution in [1.29, 1.82) is 0 Å². The Bertz CT molecular complexity index is 686. The SMILES string of the molecule is CC(CC(=O)Nc1ccc(C(=O)N2CCCC2)cc1)n1cccc1. The molecule has 1 aromatic carbocycles. The second-order valence-electron chi connectivity index (χ2n) is 6.31. The van der Waals surface area contributed by atoms with Crippen LogP contribution in [0.1, 0.15) is 42.6 Å². The molecule has 1 aliphatic rings. The molecule has 1 atom stereocenters. The number of anilines is 1. The van der Waals surface area contributed by atoms with E-state index in [9.17, 15) is 9.59 Å². The third kappa shape index (κ3) is 3.85. The van der Waals surface area contributed by atoms with Gasteiger partial charge in [0.15, 0.2) is 0 Å². The average Bonchev–Trinajstić information content (AvgIpc) is 3.28. The maximum Gasteiger partial charge on any atom is 0.253 e. The fourth-order valence-electron chi connectivity index (χ4n) is 3.03. The molecule has 2 aromatic rings. The zero-order chi connectivity index (χ0) is 16.9. The first kappa shape index (κ1) is 16.3. The molecule has 0 saturated carbocycles. The predicted molar refractivity (Wildman–Crippen MR) is 94.0 cm³/mol. The van der Waals surface area contributed by atoms with Gasteiger partial charge in [-0.3, -0.25) is 9.59 Å². The average molecular weight is 325 g/mol. The first-order valence-corrected chi connectivity index (χ1v) is 8.45. The number of hydrogen-bond acceptors (Lipinski definition) is 2. The summed E-state index contributed by atoms with van der Waals surface area (Å²) in [6.45, 7) is 3.70. The molecule has 126 valence electrons. The first-order chi connectivity index (χ1) is 11.6. The lowest BCUT2D eigenvalue weighted by Gasteiger charge is -2.16. The Morgan fingerprint density at radius 2 is 1.71 bits per heavy atom. The van der Waals surface area contributed by atoms with Crippen LogP contribution >= 0.6 is 0 Å². The van der Waals surface area contributed by atoms with Crippen molar-refractivity contribution in [2.45, 2.75) is 32.2 Å². The number of likely N-dealkylation sites (tertiary alicyclic amines) is 1. The van der Waals surface area contributed by atoms with Crippen LogP contribution in [0.25, 0.3) is 0 Å². The molecule has 2 amide bonds. The Kier molecular flexibility index (Phi) is 4.99. The highest BCUT2D eigenvalue weighted by atomic mass is 16.2. The highest BCUT2D eigenvalue weighted by molar-refractivity contribution is 5.96. The van der Waals surface area contributed by atoms with Gasteiger partial charge in [0.05, 0.1) is 0 Å². The van der Waals surface area contributed by atoms with E-state index in [1.807, 2.05) is 40.9 Å². The Hall–Kier alpha value is -2.56. The Labute approximate surface area is 142 Å². The molecule has 24 heavy (non-hydrogen) atoms. The van der Waals surface area contributed by atoms with E-state index >= 15 is 0 Å². The van der Waals surface area contributed by atoms with E-state index in [1.54, 1.807) is 24.3 Å². The number of hydrogen-bond donors (Lipinski definition) is 1. The van der Waals surface area contributed by atoms with Crippen LogP contribution in [0.2, 0.25) is 0 Å². The Balaban J connectivity index is 1.55. The molecule has 1 aliphatic heterocycles. The zero-order valence-corrected chi connectivity index (χ0v) is 13.9. The number of aromatic nitrogens is 1. The van der Waals surface area contributed by atoms with Crippen LogP contribution < -0.4 is 5.32 Å². The lowest BCUT2D eigenvalue weighted by Crippen LogP contribution is -2.27. The van der Waals surface area contributed by atoms with Crippen molar-refractivity contribution < 1.29 is 9.59 Å². The topological polar surface area (TPSA) is 54.3 Å². The minimum atomic E-state index is -0.0326. The summed E-state index contributed by atoms with van der Waals surface area (Å²) < 4.78 is 2.01. The summed E-state index contributed by atoms with van der Waals surface area (Å²) in [7, 11) is 0. The third-order valence-electron chi connectivity index (χ3n) is 4.43. The molecule has 0 spiro atoms. The molecule has 0 bridgehead atoms. The van der Waals surface area contributed by atoms with Crippen molar-refractivity contribution in [2.24, 2.45) is 0 Å². The van der Waals surface area contributed by atoms with E-state index in [4.69, 9.17) is 0 Å². The molecule has 0 radical (unpaired) electrons. The van der Waals surface area contributed by atoms with Gasteiger partial charge >= 0.3 is 0 Å².